The van der Waals surface area contributed by atoms with E-state index in [-0.39, 0.29) is 6.03 Å². The Kier molecular flexibility index (Phi) is 4.22. The molecule has 2 N–H and O–H groups in total. The quantitative estimate of drug-likeness (QED) is 0.900. The topological polar surface area (TPSA) is 59.6 Å². The van der Waals surface area contributed by atoms with Gasteiger partial charge in [-0.1, -0.05) is 17.7 Å². The number of carbonyl (C=O) groups excluding carboxylic acids is 1. The number of amides is 2. The van der Waals surface area contributed by atoms with Crippen LogP contribution in [-0.2, 0) is 19.3 Å². The van der Waals surface area contributed by atoms with Crippen LogP contribution in [-0.4, -0.2) is 25.8 Å². The van der Waals surface area contributed by atoms with Gasteiger partial charge in [0.2, 0.25) is 0 Å². The van der Waals surface area contributed by atoms with Gasteiger partial charge in [-0.25, -0.2) is 4.79 Å². The molecule has 0 aromatic heterocycles. The van der Waals surface area contributed by atoms with E-state index in [9.17, 15) is 4.79 Å². The summed E-state index contributed by atoms with van der Waals surface area (Å²) < 4.78 is 11.6. The zero-order valence-corrected chi connectivity index (χ0v) is 14.4. The van der Waals surface area contributed by atoms with Crippen molar-refractivity contribution < 1.29 is 14.3 Å². The standard InChI is InChI=1S/C20H22N2O3/c1-13-2-4-15(5-3-13)22-20(23)21-9-6-17-16-8-11-24-18(16)12-14-7-10-25-19(14)17/h2-5,12H,6-11H2,1H3,(H2,21,22,23). The molecule has 5 nitrogen and oxygen atoms in total. The van der Waals surface area contributed by atoms with E-state index in [1.807, 2.05) is 31.2 Å². The van der Waals surface area contributed by atoms with Crippen molar-refractivity contribution in [3.05, 3.63) is 52.6 Å². The van der Waals surface area contributed by atoms with Crippen molar-refractivity contribution in [3.63, 3.8) is 0 Å². The van der Waals surface area contributed by atoms with Crippen LogP contribution in [0.15, 0.2) is 30.3 Å². The van der Waals surface area contributed by atoms with Crippen molar-refractivity contribution in [3.8, 4) is 11.5 Å². The monoisotopic (exact) mass is 338 g/mol. The number of rotatable bonds is 4. The third-order valence-corrected chi connectivity index (χ3v) is 4.73. The summed E-state index contributed by atoms with van der Waals surface area (Å²) in [6.45, 7) is 4.04. The molecule has 25 heavy (non-hydrogen) atoms. The first-order chi connectivity index (χ1) is 12.2. The lowest BCUT2D eigenvalue weighted by atomic mass is 9.97. The normalized spacial score (nSPS) is 14.3. The number of urea groups is 1. The maximum absolute atomic E-state index is 12.1. The summed E-state index contributed by atoms with van der Waals surface area (Å²) in [6.07, 6.45) is 2.59. The minimum Gasteiger partial charge on any atom is -0.493 e. The first-order valence-electron chi connectivity index (χ1n) is 8.75. The molecule has 2 aromatic rings. The number of ether oxygens (including phenoxy) is 2. The average Bonchev–Trinajstić information content (AvgIpc) is 3.25. The Morgan fingerprint density at radius 1 is 1.12 bits per heavy atom. The number of nitrogens with one attached hydrogen (secondary N) is 2. The second-order valence-corrected chi connectivity index (χ2v) is 6.51. The van der Waals surface area contributed by atoms with Gasteiger partial charge in [0, 0.05) is 41.8 Å². The second kappa shape index (κ2) is 6.67. The highest BCUT2D eigenvalue weighted by Crippen LogP contribution is 2.40. The van der Waals surface area contributed by atoms with E-state index in [1.54, 1.807) is 0 Å². The number of carbonyl (C=O) groups is 1. The fourth-order valence-corrected chi connectivity index (χ4v) is 3.46. The minimum absolute atomic E-state index is 0.190. The van der Waals surface area contributed by atoms with E-state index >= 15 is 0 Å². The molecule has 0 spiro atoms. The van der Waals surface area contributed by atoms with Crippen molar-refractivity contribution in [1.29, 1.82) is 0 Å². The molecule has 2 aliphatic heterocycles. The van der Waals surface area contributed by atoms with Crippen molar-refractivity contribution >= 4 is 11.7 Å². The molecule has 0 aliphatic carbocycles. The summed E-state index contributed by atoms with van der Waals surface area (Å²) in [5.41, 5.74) is 5.61. The molecule has 0 atom stereocenters. The Balaban J connectivity index is 1.39. The molecule has 2 aromatic carbocycles. The molecule has 2 heterocycles. The van der Waals surface area contributed by atoms with Gasteiger partial charge in [0.25, 0.3) is 0 Å². The number of hydrogen-bond donors (Lipinski definition) is 2. The van der Waals surface area contributed by atoms with Gasteiger partial charge in [-0.3, -0.25) is 0 Å². The number of benzene rings is 2. The third-order valence-electron chi connectivity index (χ3n) is 4.73. The molecule has 5 heteroatoms. The van der Waals surface area contributed by atoms with Crippen molar-refractivity contribution in [2.24, 2.45) is 0 Å². The zero-order valence-electron chi connectivity index (χ0n) is 14.4. The van der Waals surface area contributed by atoms with Gasteiger partial charge in [0.05, 0.1) is 13.2 Å². The van der Waals surface area contributed by atoms with E-state index in [4.69, 9.17) is 9.47 Å². The van der Waals surface area contributed by atoms with Crippen molar-refractivity contribution in [1.82, 2.24) is 5.32 Å². The minimum atomic E-state index is -0.190. The Bertz CT molecular complexity index is 767. The number of fused-ring (bicyclic) bond motifs is 2. The largest absolute Gasteiger partial charge is 0.493 e. The van der Waals surface area contributed by atoms with Crippen LogP contribution in [0.1, 0.15) is 22.3 Å². The Morgan fingerprint density at radius 3 is 2.76 bits per heavy atom. The van der Waals surface area contributed by atoms with E-state index < -0.39 is 0 Å². The van der Waals surface area contributed by atoms with Gasteiger partial charge < -0.3 is 20.1 Å². The van der Waals surface area contributed by atoms with Crippen LogP contribution < -0.4 is 20.1 Å². The summed E-state index contributed by atoms with van der Waals surface area (Å²) in [4.78, 5) is 12.1. The van der Waals surface area contributed by atoms with Crippen LogP contribution in [0, 0.1) is 6.92 Å². The van der Waals surface area contributed by atoms with Crippen LogP contribution in [0.5, 0.6) is 11.5 Å². The molecule has 0 saturated heterocycles. The lowest BCUT2D eigenvalue weighted by Gasteiger charge is -2.13. The predicted molar refractivity (Wildman–Crippen MR) is 96.7 cm³/mol. The van der Waals surface area contributed by atoms with Crippen molar-refractivity contribution in [2.75, 3.05) is 25.1 Å². The molecular weight excluding hydrogens is 316 g/mol. The third kappa shape index (κ3) is 3.27. The Hall–Kier alpha value is -2.69. The molecule has 0 radical (unpaired) electrons. The van der Waals surface area contributed by atoms with E-state index in [1.165, 1.54) is 22.3 Å². The smallest absolute Gasteiger partial charge is 0.319 e. The van der Waals surface area contributed by atoms with E-state index in [0.29, 0.717) is 6.54 Å². The summed E-state index contributed by atoms with van der Waals surface area (Å²) >= 11 is 0. The molecule has 0 bridgehead atoms. The first kappa shape index (κ1) is 15.8. The van der Waals surface area contributed by atoms with Crippen LogP contribution in [0.25, 0.3) is 0 Å². The molecular formula is C20H22N2O3. The summed E-state index contributed by atoms with van der Waals surface area (Å²) in [6, 6.07) is 9.68. The maximum atomic E-state index is 12.1. The van der Waals surface area contributed by atoms with Crippen LogP contribution in [0.2, 0.25) is 0 Å². The Labute approximate surface area is 147 Å². The molecule has 0 unspecified atom stereocenters. The second-order valence-electron chi connectivity index (χ2n) is 6.51. The van der Waals surface area contributed by atoms with Gasteiger partial charge >= 0.3 is 6.03 Å². The highest BCUT2D eigenvalue weighted by Gasteiger charge is 2.26. The van der Waals surface area contributed by atoms with Crippen LogP contribution in [0.4, 0.5) is 10.5 Å². The Morgan fingerprint density at radius 2 is 1.92 bits per heavy atom. The van der Waals surface area contributed by atoms with Gasteiger partial charge in [0.15, 0.2) is 0 Å². The zero-order chi connectivity index (χ0) is 17.2. The highest BCUT2D eigenvalue weighted by molar-refractivity contribution is 5.89. The SMILES string of the molecule is Cc1ccc(NC(=O)NCCc2c3c(cc4c2OCC4)OCC3)cc1. The van der Waals surface area contributed by atoms with E-state index in [0.717, 1.165) is 49.7 Å². The number of anilines is 1. The molecule has 4 rings (SSSR count). The lowest BCUT2D eigenvalue weighted by Crippen LogP contribution is -2.30. The maximum Gasteiger partial charge on any atom is 0.319 e. The molecule has 0 fully saturated rings. The summed E-state index contributed by atoms with van der Waals surface area (Å²) in [5.74, 6) is 1.99. The van der Waals surface area contributed by atoms with E-state index in [2.05, 4.69) is 16.7 Å². The van der Waals surface area contributed by atoms with Gasteiger partial charge in [0.1, 0.15) is 11.5 Å². The molecule has 2 amide bonds. The first-order valence-corrected chi connectivity index (χ1v) is 8.75. The van der Waals surface area contributed by atoms with Gasteiger partial charge in [-0.15, -0.1) is 0 Å². The predicted octanol–water partition coefficient (Wildman–Crippen LogP) is 3.23. The van der Waals surface area contributed by atoms with Crippen LogP contribution in [0.3, 0.4) is 0 Å². The number of hydrogen-bond acceptors (Lipinski definition) is 3. The summed E-state index contributed by atoms with van der Waals surface area (Å²) in [5, 5.41) is 5.78. The molecule has 0 saturated carbocycles. The fraction of sp³-hybridized carbons (Fsp3) is 0.350. The average molecular weight is 338 g/mol. The van der Waals surface area contributed by atoms with Gasteiger partial charge in [-0.2, -0.15) is 0 Å². The lowest BCUT2D eigenvalue weighted by molar-refractivity contribution is 0.252. The fourth-order valence-electron chi connectivity index (χ4n) is 3.46. The van der Waals surface area contributed by atoms with Crippen molar-refractivity contribution in [2.45, 2.75) is 26.2 Å². The van der Waals surface area contributed by atoms with Crippen LogP contribution >= 0.6 is 0 Å². The number of aryl methyl sites for hydroxylation is 1. The highest BCUT2D eigenvalue weighted by atomic mass is 16.5. The molecule has 2 aliphatic rings. The molecule has 130 valence electrons. The van der Waals surface area contributed by atoms with Gasteiger partial charge in [-0.05, 0) is 31.5 Å². The summed E-state index contributed by atoms with van der Waals surface area (Å²) in [7, 11) is 0.